The van der Waals surface area contributed by atoms with Crippen LogP contribution in [0.1, 0.15) is 20.7 Å². The van der Waals surface area contributed by atoms with Gasteiger partial charge in [0.2, 0.25) is 0 Å². The van der Waals surface area contributed by atoms with E-state index in [0.29, 0.717) is 16.1 Å². The second-order valence-electron chi connectivity index (χ2n) is 2.80. The summed E-state index contributed by atoms with van der Waals surface area (Å²) in [6.45, 7) is 0.0769. The average Bonchev–Trinajstić information content (AvgIpc) is 2.12. The Labute approximate surface area is 79.7 Å². The monoisotopic (exact) mass is 195 g/mol. The largest absolute Gasteiger partial charge is 0.345 e. The third-order valence-electron chi connectivity index (χ3n) is 1.94. The van der Waals surface area contributed by atoms with Crippen LogP contribution in [0.4, 0.5) is 0 Å². The van der Waals surface area contributed by atoms with Gasteiger partial charge in [0.15, 0.2) is 5.78 Å². The maximum atomic E-state index is 11.3. The van der Waals surface area contributed by atoms with E-state index in [1.807, 2.05) is 0 Å². The van der Waals surface area contributed by atoms with Gasteiger partial charge in [-0.15, -0.1) is 0 Å². The minimum Gasteiger partial charge on any atom is -0.345 e. The standard InChI is InChI=1S/C9H6ClNO2/c10-5-1-2-6-7(3-5)9(13)11-4-8(6)12/h1-3H,4H2,(H,11,13). The first-order chi connectivity index (χ1) is 6.18. The molecule has 1 heterocycles. The van der Waals surface area contributed by atoms with E-state index in [4.69, 9.17) is 11.6 Å². The molecule has 0 spiro atoms. The van der Waals surface area contributed by atoms with Crippen LogP contribution in [0.3, 0.4) is 0 Å². The van der Waals surface area contributed by atoms with Crippen molar-refractivity contribution in [3.63, 3.8) is 0 Å². The second-order valence-corrected chi connectivity index (χ2v) is 3.23. The van der Waals surface area contributed by atoms with Crippen LogP contribution in [0.2, 0.25) is 5.02 Å². The Morgan fingerprint density at radius 3 is 2.77 bits per heavy atom. The highest BCUT2D eigenvalue weighted by Crippen LogP contribution is 2.18. The van der Waals surface area contributed by atoms with Gasteiger partial charge in [0.25, 0.3) is 5.91 Å². The van der Waals surface area contributed by atoms with Crippen LogP contribution in [0.25, 0.3) is 0 Å². The Morgan fingerprint density at radius 2 is 2.00 bits per heavy atom. The van der Waals surface area contributed by atoms with Crippen molar-refractivity contribution in [1.29, 1.82) is 0 Å². The van der Waals surface area contributed by atoms with E-state index in [0.717, 1.165) is 0 Å². The van der Waals surface area contributed by atoms with Crippen molar-refractivity contribution in [3.05, 3.63) is 34.3 Å². The predicted molar refractivity (Wildman–Crippen MR) is 48.1 cm³/mol. The topological polar surface area (TPSA) is 46.2 Å². The number of benzene rings is 1. The molecule has 0 atom stereocenters. The lowest BCUT2D eigenvalue weighted by Gasteiger charge is -2.14. The van der Waals surface area contributed by atoms with E-state index in [1.165, 1.54) is 6.07 Å². The number of carbonyl (C=O) groups is 2. The number of hydrogen-bond acceptors (Lipinski definition) is 2. The number of nitrogens with one attached hydrogen (secondary N) is 1. The Hall–Kier alpha value is -1.35. The fourth-order valence-electron chi connectivity index (χ4n) is 1.30. The average molecular weight is 196 g/mol. The minimum absolute atomic E-state index is 0.0769. The normalized spacial score (nSPS) is 15.2. The molecule has 4 heteroatoms. The summed E-state index contributed by atoms with van der Waals surface area (Å²) < 4.78 is 0. The molecule has 0 radical (unpaired) electrons. The van der Waals surface area contributed by atoms with E-state index in [-0.39, 0.29) is 18.2 Å². The van der Waals surface area contributed by atoms with Crippen LogP contribution in [-0.2, 0) is 0 Å². The molecule has 3 nitrogen and oxygen atoms in total. The van der Waals surface area contributed by atoms with Crippen LogP contribution < -0.4 is 5.32 Å². The van der Waals surface area contributed by atoms with Crippen molar-refractivity contribution in [1.82, 2.24) is 5.32 Å². The van der Waals surface area contributed by atoms with Gasteiger partial charge < -0.3 is 5.32 Å². The summed E-state index contributed by atoms with van der Waals surface area (Å²) in [5.74, 6) is -0.316. The van der Waals surface area contributed by atoms with Crippen molar-refractivity contribution in [3.8, 4) is 0 Å². The quantitative estimate of drug-likeness (QED) is 0.678. The predicted octanol–water partition coefficient (Wildman–Crippen LogP) is 1.27. The maximum Gasteiger partial charge on any atom is 0.252 e. The molecule has 2 rings (SSSR count). The van der Waals surface area contributed by atoms with E-state index in [9.17, 15) is 9.59 Å². The Morgan fingerprint density at radius 1 is 1.23 bits per heavy atom. The van der Waals surface area contributed by atoms with Gasteiger partial charge in [-0.1, -0.05) is 11.6 Å². The summed E-state index contributed by atoms with van der Waals surface area (Å²) in [5, 5.41) is 2.93. The molecule has 0 unspecified atom stereocenters. The fourth-order valence-corrected chi connectivity index (χ4v) is 1.47. The van der Waals surface area contributed by atoms with Crippen LogP contribution in [0.5, 0.6) is 0 Å². The van der Waals surface area contributed by atoms with Gasteiger partial charge in [0, 0.05) is 10.6 Å². The zero-order chi connectivity index (χ0) is 9.42. The SMILES string of the molecule is O=C1CNC(=O)c2cc(Cl)ccc21. The molecule has 1 aliphatic heterocycles. The number of hydrogen-bond donors (Lipinski definition) is 1. The Balaban J connectivity index is 2.63. The van der Waals surface area contributed by atoms with Crippen molar-refractivity contribution in [2.75, 3.05) is 6.54 Å². The first-order valence-electron chi connectivity index (χ1n) is 3.79. The molecule has 1 amide bonds. The van der Waals surface area contributed by atoms with Gasteiger partial charge in [-0.25, -0.2) is 0 Å². The van der Waals surface area contributed by atoms with Gasteiger partial charge in [-0.05, 0) is 18.2 Å². The molecular weight excluding hydrogens is 190 g/mol. The van der Waals surface area contributed by atoms with Crippen molar-refractivity contribution >= 4 is 23.3 Å². The zero-order valence-electron chi connectivity index (χ0n) is 6.63. The first-order valence-corrected chi connectivity index (χ1v) is 4.17. The Kier molecular flexibility index (Phi) is 1.81. The summed E-state index contributed by atoms with van der Waals surface area (Å²) in [5.41, 5.74) is 0.817. The molecule has 1 N–H and O–H groups in total. The number of halogens is 1. The Bertz CT molecular complexity index is 401. The van der Waals surface area contributed by atoms with Crippen LogP contribution in [-0.4, -0.2) is 18.2 Å². The lowest BCUT2D eigenvalue weighted by molar-refractivity contribution is 0.0877. The van der Waals surface area contributed by atoms with Crippen LogP contribution >= 0.6 is 11.6 Å². The molecular formula is C9H6ClNO2. The number of fused-ring (bicyclic) bond motifs is 1. The molecule has 66 valence electrons. The highest BCUT2D eigenvalue weighted by atomic mass is 35.5. The highest BCUT2D eigenvalue weighted by Gasteiger charge is 2.22. The number of ketones is 1. The fraction of sp³-hybridized carbons (Fsp3) is 0.111. The lowest BCUT2D eigenvalue weighted by atomic mass is 10.00. The van der Waals surface area contributed by atoms with E-state index in [1.54, 1.807) is 12.1 Å². The van der Waals surface area contributed by atoms with Crippen molar-refractivity contribution in [2.45, 2.75) is 0 Å². The highest BCUT2D eigenvalue weighted by molar-refractivity contribution is 6.31. The third kappa shape index (κ3) is 1.31. The number of amides is 1. The molecule has 1 aromatic carbocycles. The van der Waals surface area contributed by atoms with Gasteiger partial charge >= 0.3 is 0 Å². The van der Waals surface area contributed by atoms with Gasteiger partial charge in [0.1, 0.15) is 0 Å². The van der Waals surface area contributed by atoms with Crippen LogP contribution in [0.15, 0.2) is 18.2 Å². The summed E-state index contributed by atoms with van der Waals surface area (Å²) >= 11 is 5.70. The number of Topliss-reactive ketones (excluding diaryl/α,β-unsaturated/α-hetero) is 1. The lowest BCUT2D eigenvalue weighted by Crippen LogP contribution is -2.36. The molecule has 0 fully saturated rings. The van der Waals surface area contributed by atoms with E-state index >= 15 is 0 Å². The van der Waals surface area contributed by atoms with Gasteiger partial charge in [-0.3, -0.25) is 9.59 Å². The molecule has 0 saturated heterocycles. The minimum atomic E-state index is -0.239. The molecule has 1 aromatic rings. The summed E-state index contributed by atoms with van der Waals surface area (Å²) in [7, 11) is 0. The van der Waals surface area contributed by atoms with Crippen molar-refractivity contribution < 1.29 is 9.59 Å². The molecule has 0 saturated carbocycles. The number of carbonyl (C=O) groups excluding carboxylic acids is 2. The summed E-state index contributed by atoms with van der Waals surface area (Å²) in [6, 6.07) is 4.69. The molecule has 0 aliphatic carbocycles. The summed E-state index contributed by atoms with van der Waals surface area (Å²) in [4.78, 5) is 22.5. The van der Waals surface area contributed by atoms with Gasteiger partial charge in [0.05, 0.1) is 12.1 Å². The third-order valence-corrected chi connectivity index (χ3v) is 2.17. The molecule has 0 bridgehead atoms. The molecule has 1 aliphatic rings. The maximum absolute atomic E-state index is 11.3. The second kappa shape index (κ2) is 2.85. The van der Waals surface area contributed by atoms with E-state index < -0.39 is 0 Å². The molecule has 13 heavy (non-hydrogen) atoms. The number of rotatable bonds is 0. The van der Waals surface area contributed by atoms with Crippen molar-refractivity contribution in [2.24, 2.45) is 0 Å². The first kappa shape index (κ1) is 8.26. The van der Waals surface area contributed by atoms with Crippen LogP contribution in [0, 0.1) is 0 Å². The molecule has 0 aromatic heterocycles. The van der Waals surface area contributed by atoms with Gasteiger partial charge in [-0.2, -0.15) is 0 Å². The van der Waals surface area contributed by atoms with E-state index in [2.05, 4.69) is 5.32 Å². The smallest absolute Gasteiger partial charge is 0.252 e. The zero-order valence-corrected chi connectivity index (χ0v) is 7.39. The summed E-state index contributed by atoms with van der Waals surface area (Å²) in [6.07, 6.45) is 0.